The lowest BCUT2D eigenvalue weighted by Gasteiger charge is -2.19. The van der Waals surface area contributed by atoms with Crippen LogP contribution in [0.25, 0.3) is 0 Å². The Balaban J connectivity index is 1.30. The third-order valence-corrected chi connectivity index (χ3v) is 5.30. The van der Waals surface area contributed by atoms with E-state index in [4.69, 9.17) is 4.74 Å². The Morgan fingerprint density at radius 2 is 2.00 bits per heavy atom. The van der Waals surface area contributed by atoms with Gasteiger partial charge in [-0.1, -0.05) is 37.3 Å². The molecule has 132 valence electrons. The van der Waals surface area contributed by atoms with Gasteiger partial charge in [0.2, 0.25) is 0 Å². The molecule has 0 heterocycles. The van der Waals surface area contributed by atoms with Crippen LogP contribution in [0.15, 0.2) is 35.3 Å². The molecule has 4 nitrogen and oxygen atoms in total. The first-order valence-electron chi connectivity index (χ1n) is 9.28. The number of benzene rings is 1. The Labute approximate surface area is 146 Å². The standard InChI is InChI=1S/C20H31N3O/c1-16(13-24-14-17-6-4-3-5-7-17)12-22-19(21-2)23-15-20(10-11-20)18-8-9-18/h3-7,16,18H,8-15H2,1-2H3,(H2,21,22,23). The van der Waals surface area contributed by atoms with Gasteiger partial charge in [0.15, 0.2) is 5.96 Å². The lowest BCUT2D eigenvalue weighted by atomic mass is 10.0. The summed E-state index contributed by atoms with van der Waals surface area (Å²) in [5.74, 6) is 2.36. The predicted molar refractivity (Wildman–Crippen MR) is 99.0 cm³/mol. The second-order valence-corrected chi connectivity index (χ2v) is 7.55. The molecule has 0 spiro atoms. The van der Waals surface area contributed by atoms with Crippen LogP contribution >= 0.6 is 0 Å². The average Bonchev–Trinajstić information content (AvgIpc) is 3.48. The van der Waals surface area contributed by atoms with Crippen LogP contribution in [-0.4, -0.2) is 32.7 Å². The number of guanidine groups is 1. The van der Waals surface area contributed by atoms with Gasteiger partial charge >= 0.3 is 0 Å². The quantitative estimate of drug-likeness (QED) is 0.540. The van der Waals surface area contributed by atoms with Crippen molar-refractivity contribution >= 4 is 5.96 Å². The van der Waals surface area contributed by atoms with E-state index in [-0.39, 0.29) is 0 Å². The fraction of sp³-hybridized carbons (Fsp3) is 0.650. The monoisotopic (exact) mass is 329 g/mol. The van der Waals surface area contributed by atoms with Crippen LogP contribution in [0.1, 0.15) is 38.2 Å². The van der Waals surface area contributed by atoms with Crippen LogP contribution in [0, 0.1) is 17.3 Å². The lowest BCUT2D eigenvalue weighted by Crippen LogP contribution is -2.42. The van der Waals surface area contributed by atoms with E-state index in [0.29, 0.717) is 17.9 Å². The normalized spacial score (nSPS) is 20.5. The van der Waals surface area contributed by atoms with Crippen LogP contribution in [-0.2, 0) is 11.3 Å². The number of aliphatic imine (C=N–C) groups is 1. The molecule has 4 heteroatoms. The Kier molecular flexibility index (Phi) is 5.77. The highest BCUT2D eigenvalue weighted by Gasteiger charge is 2.53. The molecule has 2 saturated carbocycles. The van der Waals surface area contributed by atoms with Crippen molar-refractivity contribution in [1.29, 1.82) is 0 Å². The van der Waals surface area contributed by atoms with Gasteiger partial charge in [-0.3, -0.25) is 4.99 Å². The molecule has 2 aliphatic rings. The summed E-state index contributed by atoms with van der Waals surface area (Å²) in [7, 11) is 1.85. The second kappa shape index (κ2) is 8.02. The van der Waals surface area contributed by atoms with Crippen molar-refractivity contribution in [2.24, 2.45) is 22.2 Å². The third-order valence-electron chi connectivity index (χ3n) is 5.30. The number of ether oxygens (including phenoxy) is 1. The van der Waals surface area contributed by atoms with E-state index in [1.807, 2.05) is 25.2 Å². The number of nitrogens with one attached hydrogen (secondary N) is 2. The summed E-state index contributed by atoms with van der Waals surface area (Å²) in [4.78, 5) is 4.35. The lowest BCUT2D eigenvalue weighted by molar-refractivity contribution is 0.0931. The Morgan fingerprint density at radius 3 is 2.62 bits per heavy atom. The van der Waals surface area contributed by atoms with E-state index >= 15 is 0 Å². The molecule has 1 aromatic rings. The van der Waals surface area contributed by atoms with Crippen molar-refractivity contribution < 1.29 is 4.74 Å². The van der Waals surface area contributed by atoms with Crippen molar-refractivity contribution in [3.8, 4) is 0 Å². The first-order chi connectivity index (χ1) is 11.7. The van der Waals surface area contributed by atoms with Gasteiger partial charge in [-0.15, -0.1) is 0 Å². The largest absolute Gasteiger partial charge is 0.376 e. The molecule has 24 heavy (non-hydrogen) atoms. The van der Waals surface area contributed by atoms with Gasteiger partial charge < -0.3 is 15.4 Å². The van der Waals surface area contributed by atoms with E-state index < -0.39 is 0 Å². The molecule has 1 aromatic carbocycles. The zero-order valence-corrected chi connectivity index (χ0v) is 15.1. The molecule has 2 N–H and O–H groups in total. The van der Waals surface area contributed by atoms with Crippen molar-refractivity contribution in [1.82, 2.24) is 10.6 Å². The van der Waals surface area contributed by atoms with Gasteiger partial charge in [0.1, 0.15) is 0 Å². The molecular weight excluding hydrogens is 298 g/mol. The summed E-state index contributed by atoms with van der Waals surface area (Å²) in [6, 6.07) is 10.3. The second-order valence-electron chi connectivity index (χ2n) is 7.55. The smallest absolute Gasteiger partial charge is 0.191 e. The number of nitrogens with zero attached hydrogens (tertiary/aromatic N) is 1. The van der Waals surface area contributed by atoms with E-state index in [1.165, 1.54) is 31.2 Å². The summed E-state index contributed by atoms with van der Waals surface area (Å²) >= 11 is 0. The number of hydrogen-bond donors (Lipinski definition) is 2. The van der Waals surface area contributed by atoms with Gasteiger partial charge in [-0.05, 0) is 48.5 Å². The molecule has 2 fully saturated rings. The van der Waals surface area contributed by atoms with E-state index in [1.54, 1.807) is 0 Å². The number of hydrogen-bond acceptors (Lipinski definition) is 2. The molecule has 1 atom stereocenters. The van der Waals surface area contributed by atoms with E-state index in [9.17, 15) is 0 Å². The fourth-order valence-electron chi connectivity index (χ4n) is 3.35. The Morgan fingerprint density at radius 1 is 1.25 bits per heavy atom. The summed E-state index contributed by atoms with van der Waals surface area (Å²) in [5, 5.41) is 6.97. The Hall–Kier alpha value is -1.55. The maximum absolute atomic E-state index is 5.81. The molecule has 0 saturated heterocycles. The van der Waals surface area contributed by atoms with Gasteiger partial charge in [0.05, 0.1) is 13.2 Å². The minimum atomic E-state index is 0.450. The van der Waals surface area contributed by atoms with E-state index in [2.05, 4.69) is 34.7 Å². The molecule has 2 aliphatic carbocycles. The van der Waals surface area contributed by atoms with Gasteiger partial charge in [-0.25, -0.2) is 0 Å². The maximum Gasteiger partial charge on any atom is 0.191 e. The molecule has 0 radical (unpaired) electrons. The summed E-state index contributed by atoms with van der Waals surface area (Å²) < 4.78 is 5.81. The first kappa shape index (κ1) is 17.3. The van der Waals surface area contributed by atoms with Crippen molar-refractivity contribution in [2.45, 2.75) is 39.2 Å². The molecular formula is C20H31N3O. The SMILES string of the molecule is CN=C(NCC(C)COCc1ccccc1)NCC1(C2CC2)CC1. The van der Waals surface area contributed by atoms with E-state index in [0.717, 1.165) is 31.6 Å². The highest BCUT2D eigenvalue weighted by molar-refractivity contribution is 5.79. The van der Waals surface area contributed by atoms with Crippen LogP contribution < -0.4 is 10.6 Å². The molecule has 0 bridgehead atoms. The fourth-order valence-corrected chi connectivity index (χ4v) is 3.35. The minimum Gasteiger partial charge on any atom is -0.376 e. The number of rotatable bonds is 9. The van der Waals surface area contributed by atoms with Gasteiger partial charge in [0, 0.05) is 20.1 Å². The molecule has 1 unspecified atom stereocenters. The van der Waals surface area contributed by atoms with Gasteiger partial charge in [-0.2, -0.15) is 0 Å². The Bertz CT molecular complexity index is 535. The van der Waals surface area contributed by atoms with Crippen LogP contribution in [0.4, 0.5) is 0 Å². The molecule has 3 rings (SSSR count). The molecule has 0 amide bonds. The first-order valence-corrected chi connectivity index (χ1v) is 9.28. The van der Waals surface area contributed by atoms with Crippen molar-refractivity contribution in [3.63, 3.8) is 0 Å². The summed E-state index contributed by atoms with van der Waals surface area (Å²) in [6.07, 6.45) is 5.66. The van der Waals surface area contributed by atoms with Crippen LogP contribution in [0.2, 0.25) is 0 Å². The van der Waals surface area contributed by atoms with Crippen molar-refractivity contribution in [3.05, 3.63) is 35.9 Å². The summed E-state index contributed by atoms with van der Waals surface area (Å²) in [5.41, 5.74) is 1.83. The molecule has 0 aliphatic heterocycles. The summed E-state index contributed by atoms with van der Waals surface area (Å²) in [6.45, 7) is 5.60. The van der Waals surface area contributed by atoms with Crippen molar-refractivity contribution in [2.75, 3.05) is 26.7 Å². The highest BCUT2D eigenvalue weighted by atomic mass is 16.5. The zero-order chi connectivity index (χ0) is 16.8. The minimum absolute atomic E-state index is 0.450. The predicted octanol–water partition coefficient (Wildman–Crippen LogP) is 3.19. The van der Waals surface area contributed by atoms with Gasteiger partial charge in [0.25, 0.3) is 0 Å². The third kappa shape index (κ3) is 4.97. The van der Waals surface area contributed by atoms with Crippen LogP contribution in [0.5, 0.6) is 0 Å². The highest BCUT2D eigenvalue weighted by Crippen LogP contribution is 2.60. The molecule has 0 aromatic heterocycles. The maximum atomic E-state index is 5.81. The zero-order valence-electron chi connectivity index (χ0n) is 15.1. The average molecular weight is 329 g/mol. The van der Waals surface area contributed by atoms with Crippen LogP contribution in [0.3, 0.4) is 0 Å². The topological polar surface area (TPSA) is 45.7 Å².